The van der Waals surface area contributed by atoms with Crippen LogP contribution in [0.25, 0.3) is 0 Å². The largest absolute Gasteiger partial charge is 0.325 e. The zero-order valence-corrected chi connectivity index (χ0v) is 19.4. The summed E-state index contributed by atoms with van der Waals surface area (Å²) in [4.78, 5) is 13.1. The molecule has 1 N–H and O–H groups in total. The van der Waals surface area contributed by atoms with Gasteiger partial charge in [-0.1, -0.05) is 29.8 Å². The molecule has 0 aromatic heterocycles. The van der Waals surface area contributed by atoms with E-state index in [4.69, 9.17) is 0 Å². The van der Waals surface area contributed by atoms with Gasteiger partial charge in [-0.05, 0) is 44.0 Å². The normalized spacial score (nSPS) is 16.4. The summed E-state index contributed by atoms with van der Waals surface area (Å²) in [7, 11) is -4.46. The Balaban J connectivity index is 1.69. The first-order chi connectivity index (χ1) is 14.5. The Kier molecular flexibility index (Phi) is 6.85. The van der Waals surface area contributed by atoms with Crippen molar-refractivity contribution in [3.05, 3.63) is 54.1 Å². The van der Waals surface area contributed by atoms with Crippen LogP contribution in [-0.4, -0.2) is 58.5 Å². The van der Waals surface area contributed by atoms with Crippen LogP contribution in [0.15, 0.2) is 58.3 Å². The molecule has 2 aromatic rings. The van der Waals surface area contributed by atoms with Crippen molar-refractivity contribution in [2.24, 2.45) is 5.92 Å². The number of aryl methyl sites for hydroxylation is 1. The lowest BCUT2D eigenvalue weighted by molar-refractivity contribution is -0.120. The lowest BCUT2D eigenvalue weighted by Gasteiger charge is -2.30. The van der Waals surface area contributed by atoms with Gasteiger partial charge in [-0.2, -0.15) is 4.31 Å². The number of rotatable bonds is 6. The van der Waals surface area contributed by atoms with Gasteiger partial charge in [-0.15, -0.1) is 0 Å². The lowest BCUT2D eigenvalue weighted by atomic mass is 9.97. The number of para-hydroxylation sites is 1. The molecule has 1 amide bonds. The van der Waals surface area contributed by atoms with E-state index in [1.165, 1.54) is 24.5 Å². The van der Waals surface area contributed by atoms with Gasteiger partial charge in [-0.3, -0.25) is 4.79 Å². The van der Waals surface area contributed by atoms with Gasteiger partial charge < -0.3 is 5.32 Å². The molecule has 1 saturated heterocycles. The highest BCUT2D eigenvalue weighted by Gasteiger charge is 2.32. The van der Waals surface area contributed by atoms with Crippen molar-refractivity contribution in [3.63, 3.8) is 0 Å². The molecule has 1 fully saturated rings. The van der Waals surface area contributed by atoms with Crippen molar-refractivity contribution in [1.82, 2.24) is 8.61 Å². The molecule has 0 radical (unpaired) electrons. The molecule has 2 aromatic carbocycles. The van der Waals surface area contributed by atoms with Gasteiger partial charge in [0, 0.05) is 33.1 Å². The molecule has 1 heterocycles. The number of anilines is 1. The summed E-state index contributed by atoms with van der Waals surface area (Å²) in [5.74, 6) is -0.714. The number of hydrogen-bond donors (Lipinski definition) is 1. The van der Waals surface area contributed by atoms with E-state index in [0.29, 0.717) is 12.8 Å². The molecule has 0 saturated carbocycles. The first-order valence-corrected chi connectivity index (χ1v) is 12.8. The topological polar surface area (TPSA) is 104 Å². The quantitative estimate of drug-likeness (QED) is 0.705. The maximum absolute atomic E-state index is 12.8. The van der Waals surface area contributed by atoms with Gasteiger partial charge in [0.05, 0.1) is 10.6 Å². The van der Waals surface area contributed by atoms with E-state index >= 15 is 0 Å². The fraction of sp³-hybridized carbons (Fsp3) is 0.381. The second-order valence-corrected chi connectivity index (χ2v) is 11.8. The van der Waals surface area contributed by atoms with E-state index in [-0.39, 0.29) is 34.5 Å². The van der Waals surface area contributed by atoms with Crippen molar-refractivity contribution in [1.29, 1.82) is 0 Å². The molecule has 0 atom stereocenters. The number of benzene rings is 2. The minimum absolute atomic E-state index is 0.0211. The fourth-order valence-corrected chi connectivity index (χ4v) is 5.95. The summed E-state index contributed by atoms with van der Waals surface area (Å²) in [6.45, 7) is 2.35. The van der Waals surface area contributed by atoms with Gasteiger partial charge in [0.15, 0.2) is 0 Å². The predicted molar refractivity (Wildman–Crippen MR) is 119 cm³/mol. The third kappa shape index (κ3) is 4.98. The van der Waals surface area contributed by atoms with Crippen LogP contribution in [0.3, 0.4) is 0 Å². The van der Waals surface area contributed by atoms with Crippen LogP contribution in [0.2, 0.25) is 0 Å². The lowest BCUT2D eigenvalue weighted by Crippen LogP contribution is -2.41. The minimum atomic E-state index is -3.71. The summed E-state index contributed by atoms with van der Waals surface area (Å²) in [6.07, 6.45) is 0.721. The van der Waals surface area contributed by atoms with Crippen molar-refractivity contribution in [2.45, 2.75) is 29.6 Å². The van der Waals surface area contributed by atoms with Gasteiger partial charge in [0.2, 0.25) is 26.0 Å². The second-order valence-electron chi connectivity index (χ2n) is 7.76. The maximum Gasteiger partial charge on any atom is 0.244 e. The first-order valence-electron chi connectivity index (χ1n) is 9.92. The van der Waals surface area contributed by atoms with Crippen LogP contribution in [0.5, 0.6) is 0 Å². The van der Waals surface area contributed by atoms with Crippen molar-refractivity contribution in [2.75, 3.05) is 32.5 Å². The van der Waals surface area contributed by atoms with Crippen LogP contribution in [-0.2, 0) is 24.8 Å². The van der Waals surface area contributed by atoms with E-state index in [1.807, 2.05) is 6.92 Å². The Morgan fingerprint density at radius 2 is 1.55 bits per heavy atom. The number of carbonyl (C=O) groups is 1. The first kappa shape index (κ1) is 23.4. The third-order valence-electron chi connectivity index (χ3n) is 5.39. The smallest absolute Gasteiger partial charge is 0.244 e. The van der Waals surface area contributed by atoms with E-state index < -0.39 is 26.0 Å². The standard InChI is InChI=1S/C21H27N3O5S2/c1-16-8-10-18(11-9-16)30(26,27)24-14-12-17(13-15-24)21(25)22-19-6-4-5-7-20(19)31(28,29)23(2)3/h4-11,17H,12-15H2,1-3H3,(H,22,25). The number of carbonyl (C=O) groups excluding carboxylic acids is 1. The third-order valence-corrected chi connectivity index (χ3v) is 9.17. The molecule has 168 valence electrons. The molecule has 1 aliphatic rings. The van der Waals surface area contributed by atoms with Crippen LogP contribution >= 0.6 is 0 Å². The molecule has 8 nitrogen and oxygen atoms in total. The molecule has 31 heavy (non-hydrogen) atoms. The summed E-state index contributed by atoms with van der Waals surface area (Å²) in [5, 5.41) is 2.72. The van der Waals surface area contributed by atoms with Gasteiger partial charge in [-0.25, -0.2) is 21.1 Å². The zero-order chi connectivity index (χ0) is 22.8. The van der Waals surface area contributed by atoms with Crippen molar-refractivity contribution < 1.29 is 21.6 Å². The van der Waals surface area contributed by atoms with E-state index in [1.54, 1.807) is 42.5 Å². The maximum atomic E-state index is 12.8. The van der Waals surface area contributed by atoms with Gasteiger partial charge >= 0.3 is 0 Å². The van der Waals surface area contributed by atoms with E-state index in [2.05, 4.69) is 5.32 Å². The van der Waals surface area contributed by atoms with Crippen LogP contribution in [0.1, 0.15) is 18.4 Å². The summed E-state index contributed by atoms with van der Waals surface area (Å²) < 4.78 is 53.2. The van der Waals surface area contributed by atoms with Crippen molar-refractivity contribution >= 4 is 31.6 Å². The van der Waals surface area contributed by atoms with E-state index in [9.17, 15) is 21.6 Å². The Morgan fingerprint density at radius 1 is 0.968 bits per heavy atom. The zero-order valence-electron chi connectivity index (χ0n) is 17.8. The van der Waals surface area contributed by atoms with Crippen LogP contribution < -0.4 is 5.32 Å². The Hall–Kier alpha value is -2.27. The predicted octanol–water partition coefficient (Wildman–Crippen LogP) is 2.28. The molecule has 0 unspecified atom stereocenters. The molecular formula is C21H27N3O5S2. The molecule has 10 heteroatoms. The number of sulfonamides is 2. The number of piperidine rings is 1. The molecule has 0 spiro atoms. The monoisotopic (exact) mass is 465 g/mol. The van der Waals surface area contributed by atoms with Gasteiger partial charge in [0.1, 0.15) is 4.90 Å². The second kappa shape index (κ2) is 9.07. The Labute approximate surface area is 184 Å². The molecule has 0 aliphatic carbocycles. The molecule has 0 bridgehead atoms. The van der Waals surface area contributed by atoms with Crippen LogP contribution in [0, 0.1) is 12.8 Å². The SMILES string of the molecule is Cc1ccc(S(=O)(=O)N2CCC(C(=O)Nc3ccccc3S(=O)(=O)N(C)C)CC2)cc1. The molecular weight excluding hydrogens is 438 g/mol. The molecule has 1 aliphatic heterocycles. The highest BCUT2D eigenvalue weighted by atomic mass is 32.2. The minimum Gasteiger partial charge on any atom is -0.325 e. The Bertz CT molecular complexity index is 1150. The molecule has 3 rings (SSSR count). The number of nitrogens with one attached hydrogen (secondary N) is 1. The summed E-state index contributed by atoms with van der Waals surface area (Å²) >= 11 is 0. The fourth-order valence-electron chi connectivity index (χ4n) is 3.44. The van der Waals surface area contributed by atoms with Crippen molar-refractivity contribution in [3.8, 4) is 0 Å². The highest BCUT2D eigenvalue weighted by Crippen LogP contribution is 2.27. The van der Waals surface area contributed by atoms with Gasteiger partial charge in [0.25, 0.3) is 0 Å². The average molecular weight is 466 g/mol. The summed E-state index contributed by atoms with van der Waals surface area (Å²) in [6, 6.07) is 12.9. The number of amides is 1. The number of hydrogen-bond acceptors (Lipinski definition) is 5. The average Bonchev–Trinajstić information content (AvgIpc) is 2.74. The number of nitrogens with zero attached hydrogens (tertiary/aromatic N) is 2. The highest BCUT2D eigenvalue weighted by molar-refractivity contribution is 7.89. The Morgan fingerprint density at radius 3 is 2.13 bits per heavy atom. The van der Waals surface area contributed by atoms with Crippen LogP contribution in [0.4, 0.5) is 5.69 Å². The van der Waals surface area contributed by atoms with E-state index in [0.717, 1.165) is 9.87 Å². The summed E-state index contributed by atoms with van der Waals surface area (Å²) in [5.41, 5.74) is 1.20.